The van der Waals surface area contributed by atoms with Crippen LogP contribution < -0.4 is 4.74 Å². The zero-order chi connectivity index (χ0) is 12.4. The van der Waals surface area contributed by atoms with Crippen LogP contribution in [0.2, 0.25) is 0 Å². The first kappa shape index (κ1) is 11.0. The second-order valence-corrected chi connectivity index (χ2v) is 4.17. The van der Waals surface area contributed by atoms with Crippen molar-refractivity contribution in [3.63, 3.8) is 0 Å². The molecule has 0 radical (unpaired) electrons. The Kier molecular flexibility index (Phi) is 2.86. The van der Waals surface area contributed by atoms with Crippen LogP contribution in [-0.4, -0.2) is 0 Å². The molecule has 0 aliphatic heterocycles. The summed E-state index contributed by atoms with van der Waals surface area (Å²) < 4.78 is 16.1. The molecule has 1 aromatic heterocycles. The topological polar surface area (TPSA) is 35.5 Å². The van der Waals surface area contributed by atoms with Gasteiger partial charge in [-0.1, -0.05) is 30.3 Å². The van der Waals surface area contributed by atoms with Crippen LogP contribution in [0.5, 0.6) is 5.75 Å². The molecule has 18 heavy (non-hydrogen) atoms. The third kappa shape index (κ3) is 2.28. The summed E-state index contributed by atoms with van der Waals surface area (Å²) in [6.45, 7) is 0.519. The predicted octanol–water partition coefficient (Wildman–Crippen LogP) is 4.33. The molecule has 0 saturated carbocycles. The Morgan fingerprint density at radius 1 is 0.944 bits per heavy atom. The molecular weight excluding hydrogens is 248 g/mol. The minimum Gasteiger partial charge on any atom is -0.489 e. The number of rotatable bonds is 3. The summed E-state index contributed by atoms with van der Waals surface area (Å²) in [5, 5.41) is 0. The highest BCUT2D eigenvalue weighted by molar-refractivity contribution is 7.71. The van der Waals surface area contributed by atoms with Gasteiger partial charge in [0, 0.05) is 18.3 Å². The largest absolute Gasteiger partial charge is 0.489 e. The van der Waals surface area contributed by atoms with Crippen LogP contribution in [0.4, 0.5) is 0 Å². The molecule has 0 saturated heterocycles. The fourth-order valence-electron chi connectivity index (χ4n) is 1.68. The van der Waals surface area contributed by atoms with Gasteiger partial charge in [-0.2, -0.15) is 0 Å². The quantitative estimate of drug-likeness (QED) is 0.655. The lowest BCUT2D eigenvalue weighted by Gasteiger charge is -2.05. The van der Waals surface area contributed by atoms with Gasteiger partial charge in [-0.25, -0.2) is 0 Å². The number of hydrogen-bond donors (Lipinski definition) is 0. The molecule has 0 bridgehead atoms. The van der Waals surface area contributed by atoms with Crippen LogP contribution in [0.3, 0.4) is 0 Å². The van der Waals surface area contributed by atoms with E-state index in [1.54, 1.807) is 12.1 Å². The molecule has 0 aliphatic carbocycles. The first-order valence-electron chi connectivity index (χ1n) is 5.52. The van der Waals surface area contributed by atoms with Crippen molar-refractivity contribution in [2.75, 3.05) is 0 Å². The van der Waals surface area contributed by atoms with Crippen LogP contribution >= 0.6 is 12.2 Å². The van der Waals surface area contributed by atoms with E-state index in [1.807, 2.05) is 36.4 Å². The van der Waals surface area contributed by atoms with Crippen molar-refractivity contribution in [3.8, 4) is 5.75 Å². The summed E-state index contributed by atoms with van der Waals surface area (Å²) >= 11 is 4.82. The molecule has 0 aliphatic rings. The van der Waals surface area contributed by atoms with Crippen molar-refractivity contribution < 1.29 is 13.6 Å². The second-order valence-electron chi connectivity index (χ2n) is 3.84. The highest BCUT2D eigenvalue weighted by Gasteiger charge is 2.03. The van der Waals surface area contributed by atoms with Crippen molar-refractivity contribution >= 4 is 23.4 Å². The van der Waals surface area contributed by atoms with Gasteiger partial charge >= 0.3 is 4.90 Å². The zero-order valence-electron chi connectivity index (χ0n) is 9.46. The van der Waals surface area contributed by atoms with Gasteiger partial charge in [0.25, 0.3) is 0 Å². The van der Waals surface area contributed by atoms with Crippen molar-refractivity contribution in [1.82, 2.24) is 0 Å². The molecule has 0 N–H and O–H groups in total. The molecule has 90 valence electrons. The van der Waals surface area contributed by atoms with Crippen LogP contribution in [0.1, 0.15) is 5.56 Å². The Balaban J connectivity index is 1.80. The molecule has 3 aromatic rings. The fourth-order valence-corrected chi connectivity index (χ4v) is 1.86. The Hall–Kier alpha value is -2.07. The number of benzene rings is 2. The first-order chi connectivity index (χ1) is 8.81. The minimum atomic E-state index is 0.130. The van der Waals surface area contributed by atoms with Gasteiger partial charge in [0.2, 0.25) is 0 Å². The van der Waals surface area contributed by atoms with E-state index in [4.69, 9.17) is 25.8 Å². The molecule has 2 aromatic carbocycles. The molecule has 1 heterocycles. The normalized spacial score (nSPS) is 10.7. The smallest absolute Gasteiger partial charge is 0.363 e. The van der Waals surface area contributed by atoms with Gasteiger partial charge in [0.1, 0.15) is 12.4 Å². The summed E-state index contributed by atoms with van der Waals surface area (Å²) in [5.41, 5.74) is 2.35. The average molecular weight is 258 g/mol. The molecule has 4 heteroatoms. The van der Waals surface area contributed by atoms with Crippen LogP contribution in [0, 0.1) is 4.90 Å². The molecule has 0 atom stereocenters. The highest BCUT2D eigenvalue weighted by Crippen LogP contribution is 2.23. The third-order valence-corrected chi connectivity index (χ3v) is 2.72. The predicted molar refractivity (Wildman–Crippen MR) is 70.1 cm³/mol. The lowest BCUT2D eigenvalue weighted by atomic mass is 10.2. The highest BCUT2D eigenvalue weighted by atomic mass is 32.1. The van der Waals surface area contributed by atoms with E-state index in [-0.39, 0.29) is 4.90 Å². The summed E-state index contributed by atoms with van der Waals surface area (Å²) in [6, 6.07) is 15.4. The SMILES string of the molecule is S=c1oc2ccc(OCc3ccccc3)cc2o1. The second kappa shape index (κ2) is 4.66. The van der Waals surface area contributed by atoms with Gasteiger partial charge in [-0.3, -0.25) is 0 Å². The third-order valence-electron chi connectivity index (χ3n) is 2.55. The van der Waals surface area contributed by atoms with Crippen molar-refractivity contribution in [1.29, 1.82) is 0 Å². The monoisotopic (exact) mass is 258 g/mol. The molecule has 0 unspecified atom stereocenters. The first-order valence-corrected chi connectivity index (χ1v) is 5.92. The standard InChI is InChI=1S/C14H10O3S/c18-14-16-12-7-6-11(8-13(12)17-14)15-9-10-4-2-1-3-5-10/h1-8H,9H2. The Morgan fingerprint density at radius 3 is 2.56 bits per heavy atom. The lowest BCUT2D eigenvalue weighted by Crippen LogP contribution is -1.94. The Labute approximate surface area is 109 Å². The maximum absolute atomic E-state index is 5.67. The van der Waals surface area contributed by atoms with Crippen LogP contribution in [0.15, 0.2) is 57.4 Å². The number of hydrogen-bond acceptors (Lipinski definition) is 4. The van der Waals surface area contributed by atoms with E-state index in [9.17, 15) is 0 Å². The van der Waals surface area contributed by atoms with Gasteiger partial charge in [0.05, 0.1) is 0 Å². The molecule has 3 nitrogen and oxygen atoms in total. The lowest BCUT2D eigenvalue weighted by molar-refractivity contribution is 0.306. The van der Waals surface area contributed by atoms with Crippen LogP contribution in [-0.2, 0) is 6.61 Å². The van der Waals surface area contributed by atoms with Crippen LogP contribution in [0.25, 0.3) is 11.2 Å². The van der Waals surface area contributed by atoms with Crippen molar-refractivity contribution in [2.24, 2.45) is 0 Å². The Bertz CT molecular complexity index is 712. The molecule has 3 rings (SSSR count). The summed E-state index contributed by atoms with van der Waals surface area (Å²) in [6.07, 6.45) is 0. The van der Waals surface area contributed by atoms with E-state index in [2.05, 4.69) is 0 Å². The zero-order valence-corrected chi connectivity index (χ0v) is 10.3. The number of fused-ring (bicyclic) bond motifs is 1. The fraction of sp³-hybridized carbons (Fsp3) is 0.0714. The van der Waals surface area contributed by atoms with E-state index in [1.165, 1.54) is 0 Å². The molecule has 0 amide bonds. The van der Waals surface area contributed by atoms with Crippen molar-refractivity contribution in [2.45, 2.75) is 6.61 Å². The maximum atomic E-state index is 5.67. The van der Waals surface area contributed by atoms with Gasteiger partial charge in [0.15, 0.2) is 11.2 Å². The van der Waals surface area contributed by atoms with E-state index in [0.717, 1.165) is 11.3 Å². The molecular formula is C14H10O3S. The summed E-state index contributed by atoms with van der Waals surface area (Å²) in [4.78, 5) is 0.130. The number of ether oxygens (including phenoxy) is 1. The molecule has 0 fully saturated rings. The van der Waals surface area contributed by atoms with E-state index < -0.39 is 0 Å². The van der Waals surface area contributed by atoms with Crippen molar-refractivity contribution in [3.05, 3.63) is 59.0 Å². The summed E-state index contributed by atoms with van der Waals surface area (Å²) in [5.74, 6) is 0.728. The van der Waals surface area contributed by atoms with Gasteiger partial charge in [-0.05, 0) is 17.7 Å². The van der Waals surface area contributed by atoms with E-state index in [0.29, 0.717) is 17.8 Å². The summed E-state index contributed by atoms with van der Waals surface area (Å²) in [7, 11) is 0. The maximum Gasteiger partial charge on any atom is 0.363 e. The minimum absolute atomic E-state index is 0.130. The van der Waals surface area contributed by atoms with E-state index >= 15 is 0 Å². The average Bonchev–Trinajstić information content (AvgIpc) is 2.77. The molecule has 0 spiro atoms. The Morgan fingerprint density at radius 2 is 1.72 bits per heavy atom. The van der Waals surface area contributed by atoms with Gasteiger partial charge in [-0.15, -0.1) is 0 Å². The van der Waals surface area contributed by atoms with Gasteiger partial charge < -0.3 is 13.6 Å².